The number of nitrogens with two attached hydrogens (primary N) is 1. The van der Waals surface area contributed by atoms with Crippen molar-refractivity contribution in [2.45, 2.75) is 27.7 Å². The van der Waals surface area contributed by atoms with E-state index in [1.165, 1.54) is 0 Å². The van der Waals surface area contributed by atoms with Crippen LogP contribution in [0.15, 0.2) is 24.3 Å². The maximum atomic E-state index is 12.7. The SMILES string of the molecule is CCOc1ccccc1C(=O)N(CC)CC(C)(C)CN. The van der Waals surface area contributed by atoms with Crippen LogP contribution in [0.2, 0.25) is 0 Å². The van der Waals surface area contributed by atoms with Crippen LogP contribution in [0.4, 0.5) is 0 Å². The Morgan fingerprint density at radius 1 is 1.30 bits per heavy atom. The summed E-state index contributed by atoms with van der Waals surface area (Å²) < 4.78 is 5.54. The number of carbonyl (C=O) groups excluding carboxylic acids is 1. The zero-order valence-corrected chi connectivity index (χ0v) is 13.0. The zero-order chi connectivity index (χ0) is 15.2. The Morgan fingerprint density at radius 2 is 1.95 bits per heavy atom. The third kappa shape index (κ3) is 4.23. The van der Waals surface area contributed by atoms with Crippen molar-refractivity contribution in [1.29, 1.82) is 0 Å². The van der Waals surface area contributed by atoms with Crippen LogP contribution in [-0.4, -0.2) is 37.0 Å². The number of para-hydroxylation sites is 1. The molecule has 0 heterocycles. The molecule has 0 bridgehead atoms. The third-order valence-electron chi connectivity index (χ3n) is 3.26. The standard InChI is InChI=1S/C16H26N2O2/c1-5-18(12-16(3,4)11-17)15(19)13-9-7-8-10-14(13)20-6-2/h7-10H,5-6,11-12,17H2,1-4H3. The van der Waals surface area contributed by atoms with Crippen LogP contribution < -0.4 is 10.5 Å². The molecule has 2 N–H and O–H groups in total. The van der Waals surface area contributed by atoms with Crippen LogP contribution >= 0.6 is 0 Å². The van der Waals surface area contributed by atoms with Crippen LogP contribution in [-0.2, 0) is 0 Å². The van der Waals surface area contributed by atoms with Crippen LogP contribution in [0.3, 0.4) is 0 Å². The number of hydrogen-bond acceptors (Lipinski definition) is 3. The Labute approximate surface area is 121 Å². The van der Waals surface area contributed by atoms with Gasteiger partial charge in [0.1, 0.15) is 5.75 Å². The summed E-state index contributed by atoms with van der Waals surface area (Å²) in [4.78, 5) is 14.5. The van der Waals surface area contributed by atoms with E-state index in [0.717, 1.165) is 0 Å². The van der Waals surface area contributed by atoms with E-state index in [1.54, 1.807) is 0 Å². The van der Waals surface area contributed by atoms with E-state index in [1.807, 2.05) is 43.0 Å². The van der Waals surface area contributed by atoms with Crippen LogP contribution in [0.1, 0.15) is 38.1 Å². The lowest BCUT2D eigenvalue weighted by Gasteiger charge is -2.31. The number of amides is 1. The predicted molar refractivity (Wildman–Crippen MR) is 82.0 cm³/mol. The Morgan fingerprint density at radius 3 is 2.50 bits per heavy atom. The van der Waals surface area contributed by atoms with Gasteiger partial charge in [-0.2, -0.15) is 0 Å². The molecule has 1 aromatic rings. The van der Waals surface area contributed by atoms with E-state index in [9.17, 15) is 4.79 Å². The molecule has 4 nitrogen and oxygen atoms in total. The summed E-state index contributed by atoms with van der Waals surface area (Å²) in [5.41, 5.74) is 6.29. The molecule has 1 aromatic carbocycles. The monoisotopic (exact) mass is 278 g/mol. The minimum Gasteiger partial charge on any atom is -0.493 e. The molecule has 1 amide bonds. The first-order chi connectivity index (χ1) is 9.45. The minimum atomic E-state index is -0.0910. The molecule has 0 radical (unpaired) electrons. The van der Waals surface area contributed by atoms with Gasteiger partial charge in [0.15, 0.2) is 0 Å². The second-order valence-electron chi connectivity index (χ2n) is 5.62. The van der Waals surface area contributed by atoms with Crippen LogP contribution in [0.5, 0.6) is 5.75 Å². The first kappa shape index (κ1) is 16.5. The van der Waals surface area contributed by atoms with Crippen molar-refractivity contribution in [3.05, 3.63) is 29.8 Å². The highest BCUT2D eigenvalue weighted by Crippen LogP contribution is 2.22. The van der Waals surface area contributed by atoms with Gasteiger partial charge in [0.2, 0.25) is 0 Å². The molecular formula is C16H26N2O2. The molecule has 112 valence electrons. The van der Waals surface area contributed by atoms with Crippen molar-refractivity contribution in [2.75, 3.05) is 26.2 Å². The highest BCUT2D eigenvalue weighted by atomic mass is 16.5. The fraction of sp³-hybridized carbons (Fsp3) is 0.562. The summed E-state index contributed by atoms with van der Waals surface area (Å²) in [7, 11) is 0. The molecule has 0 aliphatic rings. The van der Waals surface area contributed by atoms with Gasteiger partial charge in [-0.25, -0.2) is 0 Å². The van der Waals surface area contributed by atoms with E-state index >= 15 is 0 Å². The molecule has 0 fully saturated rings. The molecule has 0 aromatic heterocycles. The molecule has 20 heavy (non-hydrogen) atoms. The molecule has 0 aliphatic carbocycles. The number of hydrogen-bond donors (Lipinski definition) is 1. The summed E-state index contributed by atoms with van der Waals surface area (Å²) in [5, 5.41) is 0. The number of benzene rings is 1. The van der Waals surface area contributed by atoms with Crippen molar-refractivity contribution in [1.82, 2.24) is 4.90 Å². The second-order valence-corrected chi connectivity index (χ2v) is 5.62. The Balaban J connectivity index is 2.97. The second kappa shape index (κ2) is 7.29. The van der Waals surface area contributed by atoms with Gasteiger partial charge < -0.3 is 15.4 Å². The Kier molecular flexibility index (Phi) is 6.02. The fourth-order valence-electron chi connectivity index (χ4n) is 2.00. The number of carbonyl (C=O) groups is 1. The van der Waals surface area contributed by atoms with Gasteiger partial charge >= 0.3 is 0 Å². The van der Waals surface area contributed by atoms with Gasteiger partial charge in [-0.1, -0.05) is 26.0 Å². The highest BCUT2D eigenvalue weighted by Gasteiger charge is 2.25. The van der Waals surface area contributed by atoms with Crippen molar-refractivity contribution in [2.24, 2.45) is 11.1 Å². The van der Waals surface area contributed by atoms with Crippen LogP contribution in [0.25, 0.3) is 0 Å². The molecular weight excluding hydrogens is 252 g/mol. The summed E-state index contributed by atoms with van der Waals surface area (Å²) >= 11 is 0. The van der Waals surface area contributed by atoms with Gasteiger partial charge in [-0.3, -0.25) is 4.79 Å². The summed E-state index contributed by atoms with van der Waals surface area (Å²) in [6.07, 6.45) is 0. The maximum Gasteiger partial charge on any atom is 0.257 e. The normalized spacial score (nSPS) is 11.2. The lowest BCUT2D eigenvalue weighted by Crippen LogP contribution is -2.42. The van der Waals surface area contributed by atoms with E-state index in [-0.39, 0.29) is 11.3 Å². The third-order valence-corrected chi connectivity index (χ3v) is 3.26. The average Bonchev–Trinajstić information content (AvgIpc) is 2.45. The van der Waals surface area contributed by atoms with Crippen molar-refractivity contribution >= 4 is 5.91 Å². The smallest absolute Gasteiger partial charge is 0.257 e. The first-order valence-corrected chi connectivity index (χ1v) is 7.16. The van der Waals surface area contributed by atoms with Gasteiger partial charge in [-0.15, -0.1) is 0 Å². The van der Waals surface area contributed by atoms with Gasteiger partial charge in [-0.05, 0) is 37.9 Å². The topological polar surface area (TPSA) is 55.6 Å². The molecule has 0 saturated heterocycles. The summed E-state index contributed by atoms with van der Waals surface area (Å²) in [5.74, 6) is 0.641. The number of nitrogens with zero attached hydrogens (tertiary/aromatic N) is 1. The molecule has 1 rings (SSSR count). The number of ether oxygens (including phenoxy) is 1. The van der Waals surface area contributed by atoms with Gasteiger partial charge in [0.05, 0.1) is 12.2 Å². The van der Waals surface area contributed by atoms with Crippen LogP contribution in [0, 0.1) is 5.41 Å². The highest BCUT2D eigenvalue weighted by molar-refractivity contribution is 5.97. The molecule has 0 saturated carbocycles. The Hall–Kier alpha value is -1.55. The molecule has 4 heteroatoms. The largest absolute Gasteiger partial charge is 0.493 e. The minimum absolute atomic E-state index is 0.00178. The van der Waals surface area contributed by atoms with E-state index < -0.39 is 0 Å². The van der Waals surface area contributed by atoms with Crippen molar-refractivity contribution < 1.29 is 9.53 Å². The summed E-state index contributed by atoms with van der Waals surface area (Å²) in [6, 6.07) is 7.38. The summed E-state index contributed by atoms with van der Waals surface area (Å²) in [6.45, 7) is 10.4. The maximum absolute atomic E-state index is 12.7. The zero-order valence-electron chi connectivity index (χ0n) is 13.0. The van der Waals surface area contributed by atoms with E-state index in [2.05, 4.69) is 13.8 Å². The predicted octanol–water partition coefficient (Wildman–Crippen LogP) is 2.53. The van der Waals surface area contributed by atoms with Crippen molar-refractivity contribution in [3.63, 3.8) is 0 Å². The van der Waals surface area contributed by atoms with Gasteiger partial charge in [0.25, 0.3) is 5.91 Å². The lowest BCUT2D eigenvalue weighted by molar-refractivity contribution is 0.0696. The molecule has 0 spiro atoms. The fourth-order valence-corrected chi connectivity index (χ4v) is 2.00. The average molecular weight is 278 g/mol. The first-order valence-electron chi connectivity index (χ1n) is 7.16. The Bertz CT molecular complexity index is 444. The quantitative estimate of drug-likeness (QED) is 0.834. The molecule has 0 aliphatic heterocycles. The molecule has 0 atom stereocenters. The van der Waals surface area contributed by atoms with Crippen molar-refractivity contribution in [3.8, 4) is 5.75 Å². The van der Waals surface area contributed by atoms with E-state index in [0.29, 0.717) is 37.6 Å². The lowest BCUT2D eigenvalue weighted by atomic mass is 9.93. The number of rotatable bonds is 7. The van der Waals surface area contributed by atoms with Gasteiger partial charge in [0, 0.05) is 13.1 Å². The van der Waals surface area contributed by atoms with E-state index in [4.69, 9.17) is 10.5 Å². The molecule has 0 unspecified atom stereocenters.